The Bertz CT molecular complexity index is 243. The molecule has 2 N–H and O–H groups in total. The van der Waals surface area contributed by atoms with E-state index in [2.05, 4.69) is 45.0 Å². The summed E-state index contributed by atoms with van der Waals surface area (Å²) in [4.78, 5) is 2.49. The van der Waals surface area contributed by atoms with E-state index in [0.717, 1.165) is 18.8 Å². The third-order valence-corrected chi connectivity index (χ3v) is 4.16. The van der Waals surface area contributed by atoms with Crippen molar-refractivity contribution in [2.45, 2.75) is 71.0 Å². The molecule has 0 aromatic carbocycles. The second-order valence-corrected chi connectivity index (χ2v) is 6.80. The molecule has 1 rings (SSSR count). The second-order valence-electron chi connectivity index (χ2n) is 6.80. The number of nitrogens with one attached hydrogen (secondary N) is 1. The van der Waals surface area contributed by atoms with Gasteiger partial charge in [0.1, 0.15) is 0 Å². The summed E-state index contributed by atoms with van der Waals surface area (Å²) in [6.07, 6.45) is 4.64. The SMILES string of the molecule is CC(C)CCN(C)C1CCC(CO)(NC(C)C)C1. The third kappa shape index (κ3) is 4.52. The number of hydrogen-bond acceptors (Lipinski definition) is 3. The van der Waals surface area contributed by atoms with E-state index in [-0.39, 0.29) is 12.1 Å². The lowest BCUT2D eigenvalue weighted by Crippen LogP contribution is -2.50. The minimum atomic E-state index is -0.0368. The topological polar surface area (TPSA) is 35.5 Å². The fourth-order valence-corrected chi connectivity index (χ4v) is 3.05. The Morgan fingerprint density at radius 2 is 2.00 bits per heavy atom. The number of rotatable bonds is 7. The molecule has 108 valence electrons. The molecule has 0 radical (unpaired) electrons. The highest BCUT2D eigenvalue weighted by atomic mass is 16.3. The van der Waals surface area contributed by atoms with Gasteiger partial charge in [-0.05, 0) is 45.2 Å². The van der Waals surface area contributed by atoms with Crippen LogP contribution in [0.1, 0.15) is 53.4 Å². The van der Waals surface area contributed by atoms with E-state index in [0.29, 0.717) is 12.1 Å². The Morgan fingerprint density at radius 3 is 2.50 bits per heavy atom. The van der Waals surface area contributed by atoms with Crippen LogP contribution in [0.2, 0.25) is 0 Å². The van der Waals surface area contributed by atoms with Crippen LogP contribution in [0.3, 0.4) is 0 Å². The molecule has 3 heteroatoms. The first-order valence-electron chi connectivity index (χ1n) is 7.47. The Morgan fingerprint density at radius 1 is 1.33 bits per heavy atom. The van der Waals surface area contributed by atoms with Crippen molar-refractivity contribution in [3.8, 4) is 0 Å². The average molecular weight is 256 g/mol. The normalized spacial score (nSPS) is 28.8. The molecule has 1 aliphatic carbocycles. The van der Waals surface area contributed by atoms with Crippen LogP contribution in [0.5, 0.6) is 0 Å². The molecule has 0 bridgehead atoms. The molecule has 2 unspecified atom stereocenters. The van der Waals surface area contributed by atoms with Gasteiger partial charge in [0.25, 0.3) is 0 Å². The van der Waals surface area contributed by atoms with E-state index in [9.17, 15) is 5.11 Å². The van der Waals surface area contributed by atoms with Gasteiger partial charge in [0, 0.05) is 17.6 Å². The van der Waals surface area contributed by atoms with Crippen LogP contribution in [0, 0.1) is 5.92 Å². The molecule has 1 saturated carbocycles. The van der Waals surface area contributed by atoms with Crippen LogP contribution in [-0.4, -0.2) is 47.8 Å². The van der Waals surface area contributed by atoms with Crippen molar-refractivity contribution in [1.82, 2.24) is 10.2 Å². The van der Waals surface area contributed by atoms with Gasteiger partial charge in [0.05, 0.1) is 6.61 Å². The lowest BCUT2D eigenvalue weighted by atomic mass is 9.97. The maximum atomic E-state index is 9.70. The van der Waals surface area contributed by atoms with Gasteiger partial charge in [-0.15, -0.1) is 0 Å². The van der Waals surface area contributed by atoms with Crippen molar-refractivity contribution in [1.29, 1.82) is 0 Å². The smallest absolute Gasteiger partial charge is 0.0614 e. The van der Waals surface area contributed by atoms with Gasteiger partial charge in [0.15, 0.2) is 0 Å². The molecule has 0 heterocycles. The summed E-state index contributed by atoms with van der Waals surface area (Å²) in [7, 11) is 2.23. The number of aliphatic hydroxyl groups is 1. The van der Waals surface area contributed by atoms with E-state index in [4.69, 9.17) is 0 Å². The van der Waals surface area contributed by atoms with Crippen molar-refractivity contribution in [2.24, 2.45) is 5.92 Å². The highest BCUT2D eigenvalue weighted by molar-refractivity contribution is 4.99. The van der Waals surface area contributed by atoms with Crippen LogP contribution < -0.4 is 5.32 Å². The van der Waals surface area contributed by atoms with E-state index < -0.39 is 0 Å². The first kappa shape index (κ1) is 15.9. The van der Waals surface area contributed by atoms with Crippen molar-refractivity contribution >= 4 is 0 Å². The molecular weight excluding hydrogens is 224 g/mol. The predicted molar refractivity (Wildman–Crippen MR) is 77.8 cm³/mol. The zero-order valence-corrected chi connectivity index (χ0v) is 12.9. The Balaban J connectivity index is 2.47. The molecule has 1 fully saturated rings. The number of nitrogens with zero attached hydrogens (tertiary/aromatic N) is 1. The molecule has 1 aliphatic rings. The van der Waals surface area contributed by atoms with Gasteiger partial charge >= 0.3 is 0 Å². The molecule has 0 aromatic rings. The summed E-state index contributed by atoms with van der Waals surface area (Å²) in [6.45, 7) is 10.3. The standard InChI is InChI=1S/C15H32N2O/c1-12(2)7-9-17(5)14-6-8-15(10-14,11-18)16-13(3)4/h12-14,16,18H,6-11H2,1-5H3. The van der Waals surface area contributed by atoms with Crippen LogP contribution >= 0.6 is 0 Å². The summed E-state index contributed by atoms with van der Waals surface area (Å²) in [5.41, 5.74) is -0.0368. The van der Waals surface area contributed by atoms with Crippen LogP contribution in [0.4, 0.5) is 0 Å². The maximum absolute atomic E-state index is 9.70. The van der Waals surface area contributed by atoms with Crippen molar-refractivity contribution < 1.29 is 5.11 Å². The van der Waals surface area contributed by atoms with Crippen LogP contribution in [-0.2, 0) is 0 Å². The maximum Gasteiger partial charge on any atom is 0.0614 e. The zero-order valence-electron chi connectivity index (χ0n) is 12.9. The summed E-state index contributed by atoms with van der Waals surface area (Å²) in [6, 6.07) is 1.07. The summed E-state index contributed by atoms with van der Waals surface area (Å²) in [5, 5.41) is 13.3. The van der Waals surface area contributed by atoms with Gasteiger partial charge in [0.2, 0.25) is 0 Å². The predicted octanol–water partition coefficient (Wildman–Crippen LogP) is 2.25. The van der Waals surface area contributed by atoms with Crippen molar-refractivity contribution in [3.05, 3.63) is 0 Å². The van der Waals surface area contributed by atoms with Crippen LogP contribution in [0.25, 0.3) is 0 Å². The van der Waals surface area contributed by atoms with E-state index in [1.54, 1.807) is 0 Å². The Hall–Kier alpha value is -0.120. The molecule has 18 heavy (non-hydrogen) atoms. The molecule has 0 aromatic heterocycles. The summed E-state index contributed by atoms with van der Waals surface area (Å²) >= 11 is 0. The van der Waals surface area contributed by atoms with Crippen molar-refractivity contribution in [2.75, 3.05) is 20.2 Å². The van der Waals surface area contributed by atoms with E-state index in [1.807, 2.05) is 0 Å². The first-order valence-corrected chi connectivity index (χ1v) is 7.47. The first-order chi connectivity index (χ1) is 8.38. The minimum absolute atomic E-state index is 0.0368. The van der Waals surface area contributed by atoms with Gasteiger partial charge in [-0.2, -0.15) is 0 Å². The summed E-state index contributed by atoms with van der Waals surface area (Å²) < 4.78 is 0. The third-order valence-electron chi connectivity index (χ3n) is 4.16. The minimum Gasteiger partial charge on any atom is -0.394 e. The van der Waals surface area contributed by atoms with Gasteiger partial charge in [-0.3, -0.25) is 0 Å². The highest BCUT2D eigenvalue weighted by Crippen LogP contribution is 2.33. The molecular formula is C15H32N2O. The zero-order chi connectivity index (χ0) is 13.8. The quantitative estimate of drug-likeness (QED) is 0.733. The number of hydrogen-bond donors (Lipinski definition) is 2. The van der Waals surface area contributed by atoms with Gasteiger partial charge < -0.3 is 15.3 Å². The van der Waals surface area contributed by atoms with Crippen molar-refractivity contribution in [3.63, 3.8) is 0 Å². The summed E-state index contributed by atoms with van der Waals surface area (Å²) in [5.74, 6) is 0.769. The molecule has 0 spiro atoms. The molecule has 3 nitrogen and oxygen atoms in total. The van der Waals surface area contributed by atoms with Gasteiger partial charge in [-0.1, -0.05) is 27.7 Å². The molecule has 0 amide bonds. The van der Waals surface area contributed by atoms with Crippen LogP contribution in [0.15, 0.2) is 0 Å². The molecule has 0 aliphatic heterocycles. The average Bonchev–Trinajstić information content (AvgIpc) is 2.70. The molecule has 0 saturated heterocycles. The largest absolute Gasteiger partial charge is 0.394 e. The van der Waals surface area contributed by atoms with Gasteiger partial charge in [-0.25, -0.2) is 0 Å². The fraction of sp³-hybridized carbons (Fsp3) is 1.00. The Kier molecular flexibility index (Phi) is 6.09. The van der Waals surface area contributed by atoms with E-state index >= 15 is 0 Å². The second kappa shape index (κ2) is 6.88. The van der Waals surface area contributed by atoms with E-state index in [1.165, 1.54) is 19.4 Å². The lowest BCUT2D eigenvalue weighted by molar-refractivity contribution is 0.141. The lowest BCUT2D eigenvalue weighted by Gasteiger charge is -2.32. The fourth-order valence-electron chi connectivity index (χ4n) is 3.05. The number of aliphatic hydroxyl groups excluding tert-OH is 1. The Labute approximate surface area is 113 Å². The molecule has 2 atom stereocenters. The highest BCUT2D eigenvalue weighted by Gasteiger charge is 2.40. The monoisotopic (exact) mass is 256 g/mol.